The van der Waals surface area contributed by atoms with E-state index in [4.69, 9.17) is 0 Å². The highest BCUT2D eigenvalue weighted by Gasteiger charge is 2.17. The molecule has 0 radical (unpaired) electrons. The molecular weight excluding hydrogens is 336 g/mol. The largest absolute Gasteiger partial charge is 0.332 e. The van der Waals surface area contributed by atoms with Crippen molar-refractivity contribution in [2.24, 2.45) is 14.1 Å². The smallest absolute Gasteiger partial charge is 0.300 e. The molecule has 0 aliphatic carbocycles. The Balaban J connectivity index is 2.32. The molecule has 7 heteroatoms. The number of halogens is 1. The Morgan fingerprint density at radius 3 is 2.43 bits per heavy atom. The summed E-state index contributed by atoms with van der Waals surface area (Å²) in [4.78, 5) is 28.5. The van der Waals surface area contributed by atoms with Crippen molar-refractivity contribution < 1.29 is 0 Å². The summed E-state index contributed by atoms with van der Waals surface area (Å²) >= 11 is 3.37. The third-order valence-electron chi connectivity index (χ3n) is 3.48. The lowest BCUT2D eigenvalue weighted by atomic mass is 10.2. The number of nitrogens with zero attached hydrogens (tertiary/aromatic N) is 4. The van der Waals surface area contributed by atoms with Crippen molar-refractivity contribution in [2.45, 2.75) is 6.54 Å². The maximum absolute atomic E-state index is 12.2. The molecule has 0 aliphatic rings. The Morgan fingerprint density at radius 2 is 1.76 bits per heavy atom. The Bertz CT molecular complexity index is 937. The molecule has 2 heterocycles. The monoisotopic (exact) mass is 348 g/mol. The van der Waals surface area contributed by atoms with E-state index in [0.29, 0.717) is 16.9 Å². The molecule has 1 aromatic carbocycles. The van der Waals surface area contributed by atoms with Gasteiger partial charge in [0.15, 0.2) is 15.9 Å². The van der Waals surface area contributed by atoms with Gasteiger partial charge in [-0.05, 0) is 21.5 Å². The molecule has 21 heavy (non-hydrogen) atoms. The highest BCUT2D eigenvalue weighted by Crippen LogP contribution is 2.18. The number of imidazole rings is 1. The molecule has 0 amide bonds. The van der Waals surface area contributed by atoms with Crippen LogP contribution in [0.3, 0.4) is 0 Å². The minimum atomic E-state index is -0.388. The lowest BCUT2D eigenvalue weighted by molar-refractivity contribution is 0.685. The van der Waals surface area contributed by atoms with Crippen LogP contribution in [-0.4, -0.2) is 18.7 Å². The average Bonchev–Trinajstić information content (AvgIpc) is 2.81. The molecule has 0 aliphatic heterocycles. The number of hydrogen-bond acceptors (Lipinski definition) is 3. The van der Waals surface area contributed by atoms with Gasteiger partial charge in [-0.15, -0.1) is 0 Å². The van der Waals surface area contributed by atoms with Gasteiger partial charge in [-0.25, -0.2) is 9.78 Å². The van der Waals surface area contributed by atoms with Crippen molar-refractivity contribution in [2.75, 3.05) is 0 Å². The first-order valence-electron chi connectivity index (χ1n) is 6.36. The summed E-state index contributed by atoms with van der Waals surface area (Å²) < 4.78 is 4.85. The van der Waals surface area contributed by atoms with E-state index in [-0.39, 0.29) is 16.8 Å². The Morgan fingerprint density at radius 1 is 1.10 bits per heavy atom. The highest BCUT2D eigenvalue weighted by atomic mass is 79.9. The predicted molar refractivity (Wildman–Crippen MR) is 83.5 cm³/mol. The summed E-state index contributed by atoms with van der Waals surface area (Å²) in [6.45, 7) is 0.526. The molecular formula is C14H13BrN4O2. The van der Waals surface area contributed by atoms with Crippen LogP contribution in [0.1, 0.15) is 5.56 Å². The molecule has 3 rings (SSSR count). The molecule has 0 bridgehead atoms. The molecule has 0 atom stereocenters. The zero-order valence-corrected chi connectivity index (χ0v) is 13.2. The number of fused-ring (bicyclic) bond motifs is 1. The Hall–Kier alpha value is -2.15. The molecule has 3 aromatic rings. The van der Waals surface area contributed by atoms with Gasteiger partial charge < -0.3 is 0 Å². The van der Waals surface area contributed by atoms with Crippen LogP contribution in [0.5, 0.6) is 0 Å². The van der Waals surface area contributed by atoms with E-state index in [1.54, 1.807) is 7.05 Å². The van der Waals surface area contributed by atoms with Crippen molar-refractivity contribution in [3.05, 3.63) is 61.5 Å². The second-order valence-electron chi connectivity index (χ2n) is 4.83. The van der Waals surface area contributed by atoms with E-state index >= 15 is 0 Å². The number of benzene rings is 1. The topological polar surface area (TPSA) is 61.8 Å². The fourth-order valence-electron chi connectivity index (χ4n) is 2.37. The van der Waals surface area contributed by atoms with Gasteiger partial charge in [0.05, 0.1) is 6.54 Å². The van der Waals surface area contributed by atoms with Crippen LogP contribution >= 0.6 is 15.9 Å². The van der Waals surface area contributed by atoms with Crippen molar-refractivity contribution in [3.8, 4) is 0 Å². The number of aryl methyl sites for hydroxylation is 1. The van der Waals surface area contributed by atoms with Crippen LogP contribution in [0.15, 0.2) is 44.7 Å². The van der Waals surface area contributed by atoms with Crippen LogP contribution in [0.2, 0.25) is 0 Å². The van der Waals surface area contributed by atoms with Gasteiger partial charge in [0, 0.05) is 14.1 Å². The van der Waals surface area contributed by atoms with Crippen LogP contribution in [-0.2, 0) is 20.6 Å². The molecule has 0 fully saturated rings. The van der Waals surface area contributed by atoms with Gasteiger partial charge >= 0.3 is 5.69 Å². The summed E-state index contributed by atoms with van der Waals surface area (Å²) in [6.07, 6.45) is 0. The maximum atomic E-state index is 12.2. The molecule has 2 aromatic heterocycles. The minimum Gasteiger partial charge on any atom is -0.300 e. The van der Waals surface area contributed by atoms with E-state index in [9.17, 15) is 9.59 Å². The first-order valence-corrected chi connectivity index (χ1v) is 7.15. The third-order valence-corrected chi connectivity index (χ3v) is 4.08. The molecule has 0 spiro atoms. The second-order valence-corrected chi connectivity index (χ2v) is 5.54. The fraction of sp³-hybridized carbons (Fsp3) is 0.214. The lowest BCUT2D eigenvalue weighted by Crippen LogP contribution is -2.37. The van der Waals surface area contributed by atoms with E-state index in [0.717, 1.165) is 10.1 Å². The van der Waals surface area contributed by atoms with Gasteiger partial charge in [-0.3, -0.25) is 18.5 Å². The molecule has 0 saturated heterocycles. The quantitative estimate of drug-likeness (QED) is 0.654. The molecule has 108 valence electrons. The summed E-state index contributed by atoms with van der Waals surface area (Å²) in [6, 6.07) is 9.80. The first-order chi connectivity index (χ1) is 10.0. The standard InChI is InChI=1S/C14H13BrN4O2/c1-17-11-10(12(20)18(2)14(17)21)16-13(15)19(11)8-9-6-4-3-5-7-9/h3-7H,8H2,1-2H3. The summed E-state index contributed by atoms with van der Waals surface area (Å²) in [7, 11) is 3.09. The zero-order chi connectivity index (χ0) is 15.1. The molecule has 0 N–H and O–H groups in total. The van der Waals surface area contributed by atoms with Gasteiger partial charge in [0.1, 0.15) is 0 Å². The zero-order valence-electron chi connectivity index (χ0n) is 11.6. The fourth-order valence-corrected chi connectivity index (χ4v) is 2.84. The third kappa shape index (κ3) is 2.13. The van der Waals surface area contributed by atoms with Crippen molar-refractivity contribution in [1.82, 2.24) is 18.7 Å². The normalized spacial score (nSPS) is 11.2. The van der Waals surface area contributed by atoms with Gasteiger partial charge in [-0.1, -0.05) is 30.3 Å². The first kappa shape index (κ1) is 13.8. The summed E-state index contributed by atoms with van der Waals surface area (Å²) in [5.41, 5.74) is 1.10. The lowest BCUT2D eigenvalue weighted by Gasteiger charge is -2.09. The molecule has 6 nitrogen and oxygen atoms in total. The average molecular weight is 349 g/mol. The highest BCUT2D eigenvalue weighted by molar-refractivity contribution is 9.10. The van der Waals surface area contributed by atoms with E-state index in [1.165, 1.54) is 11.6 Å². The van der Waals surface area contributed by atoms with E-state index in [2.05, 4.69) is 20.9 Å². The minimum absolute atomic E-state index is 0.280. The summed E-state index contributed by atoms with van der Waals surface area (Å²) in [5.74, 6) is 0. The van der Waals surface area contributed by atoms with Gasteiger partial charge in [-0.2, -0.15) is 0 Å². The maximum Gasteiger partial charge on any atom is 0.332 e. The number of aromatic nitrogens is 4. The SMILES string of the molecule is Cn1c(=O)c2nc(Br)n(Cc3ccccc3)c2n(C)c1=O. The number of hydrogen-bond donors (Lipinski definition) is 0. The van der Waals surface area contributed by atoms with Gasteiger partial charge in [0.25, 0.3) is 5.56 Å². The number of rotatable bonds is 2. The van der Waals surface area contributed by atoms with Crippen LogP contribution in [0.25, 0.3) is 11.2 Å². The second kappa shape index (κ2) is 5.00. The molecule has 0 unspecified atom stereocenters. The van der Waals surface area contributed by atoms with E-state index in [1.807, 2.05) is 34.9 Å². The van der Waals surface area contributed by atoms with Crippen LogP contribution < -0.4 is 11.2 Å². The molecule has 0 saturated carbocycles. The Kier molecular flexibility index (Phi) is 3.29. The van der Waals surface area contributed by atoms with Crippen LogP contribution in [0.4, 0.5) is 0 Å². The van der Waals surface area contributed by atoms with E-state index < -0.39 is 0 Å². The Labute approximate surface area is 128 Å². The van der Waals surface area contributed by atoms with Crippen molar-refractivity contribution >= 4 is 27.1 Å². The van der Waals surface area contributed by atoms with Gasteiger partial charge in [0.2, 0.25) is 0 Å². The van der Waals surface area contributed by atoms with Crippen molar-refractivity contribution in [1.29, 1.82) is 0 Å². The predicted octanol–water partition coefficient (Wildman–Crippen LogP) is 1.24. The summed E-state index contributed by atoms with van der Waals surface area (Å²) in [5, 5.41) is 0. The van der Waals surface area contributed by atoms with Crippen LogP contribution in [0, 0.1) is 0 Å². The van der Waals surface area contributed by atoms with Crippen molar-refractivity contribution in [3.63, 3.8) is 0 Å².